The highest BCUT2D eigenvalue weighted by molar-refractivity contribution is 5.12. The summed E-state index contributed by atoms with van der Waals surface area (Å²) in [7, 11) is 3.11. The highest BCUT2D eigenvalue weighted by Gasteiger charge is 2.22. The maximum absolute atomic E-state index is 5.36. The first-order valence-electron chi connectivity index (χ1n) is 3.87. The Morgan fingerprint density at radius 3 is 2.54 bits per heavy atom. The summed E-state index contributed by atoms with van der Waals surface area (Å²) in [6.45, 7) is 0. The summed E-state index contributed by atoms with van der Waals surface area (Å²) in [4.78, 5) is 0. The van der Waals surface area contributed by atoms with Crippen LogP contribution < -0.4 is 11.3 Å². The lowest BCUT2D eigenvalue weighted by molar-refractivity contribution is -0.124. The van der Waals surface area contributed by atoms with Crippen LogP contribution in [0.15, 0.2) is 23.0 Å². The first-order chi connectivity index (χ1) is 6.33. The zero-order chi connectivity index (χ0) is 9.68. The van der Waals surface area contributed by atoms with Gasteiger partial charge in [0.25, 0.3) is 0 Å². The van der Waals surface area contributed by atoms with Gasteiger partial charge in [-0.25, -0.2) is 5.43 Å². The smallest absolute Gasteiger partial charge is 0.177 e. The van der Waals surface area contributed by atoms with Crippen LogP contribution in [0.1, 0.15) is 11.6 Å². The molecule has 1 atom stereocenters. The molecular formula is C8H14N2O3. The van der Waals surface area contributed by atoms with Crippen LogP contribution in [0.5, 0.6) is 0 Å². The first kappa shape index (κ1) is 10.2. The van der Waals surface area contributed by atoms with Crippen molar-refractivity contribution in [2.75, 3.05) is 14.2 Å². The van der Waals surface area contributed by atoms with Crippen LogP contribution in [0.4, 0.5) is 0 Å². The quantitative estimate of drug-likeness (QED) is 0.396. The van der Waals surface area contributed by atoms with Crippen molar-refractivity contribution in [1.82, 2.24) is 5.43 Å². The third-order valence-electron chi connectivity index (χ3n) is 1.82. The number of rotatable bonds is 5. The summed E-state index contributed by atoms with van der Waals surface area (Å²) in [5, 5.41) is 0. The lowest BCUT2D eigenvalue weighted by Crippen LogP contribution is -2.38. The topological polar surface area (TPSA) is 69.7 Å². The molecule has 3 N–H and O–H groups in total. The Labute approximate surface area is 76.8 Å². The van der Waals surface area contributed by atoms with Gasteiger partial charge in [-0.05, 0) is 6.07 Å². The number of hydrogen-bond acceptors (Lipinski definition) is 5. The van der Waals surface area contributed by atoms with Crippen LogP contribution >= 0.6 is 0 Å². The number of nitrogens with one attached hydrogen (secondary N) is 1. The van der Waals surface area contributed by atoms with Crippen molar-refractivity contribution in [3.8, 4) is 0 Å². The van der Waals surface area contributed by atoms with Crippen LogP contribution in [-0.2, 0) is 9.47 Å². The Morgan fingerprint density at radius 2 is 2.15 bits per heavy atom. The third kappa shape index (κ3) is 2.28. The maximum Gasteiger partial charge on any atom is 0.177 e. The highest BCUT2D eigenvalue weighted by atomic mass is 16.7. The standard InChI is InChI=1S/C8H14N2O3/c1-11-8(12-2)7(10-9)6-3-4-13-5-6/h3-5,7-8,10H,9H2,1-2H3. The predicted molar refractivity (Wildman–Crippen MR) is 46.6 cm³/mol. The van der Waals surface area contributed by atoms with Crippen molar-refractivity contribution in [3.05, 3.63) is 24.2 Å². The van der Waals surface area contributed by atoms with E-state index in [1.54, 1.807) is 32.8 Å². The molecule has 1 heterocycles. The normalized spacial score (nSPS) is 13.5. The molecule has 1 aromatic rings. The van der Waals surface area contributed by atoms with Crippen LogP contribution in [0.25, 0.3) is 0 Å². The molecule has 1 aromatic heterocycles. The van der Waals surface area contributed by atoms with E-state index in [9.17, 15) is 0 Å². The van der Waals surface area contributed by atoms with E-state index in [4.69, 9.17) is 19.7 Å². The molecule has 13 heavy (non-hydrogen) atoms. The second kappa shape index (κ2) is 4.98. The average Bonchev–Trinajstić information content (AvgIpc) is 2.66. The molecule has 0 radical (unpaired) electrons. The van der Waals surface area contributed by atoms with E-state index in [2.05, 4.69) is 5.43 Å². The van der Waals surface area contributed by atoms with Gasteiger partial charge in [0.05, 0.1) is 12.5 Å². The van der Waals surface area contributed by atoms with E-state index >= 15 is 0 Å². The molecule has 0 spiro atoms. The molecule has 0 aromatic carbocycles. The lowest BCUT2D eigenvalue weighted by atomic mass is 10.1. The zero-order valence-corrected chi connectivity index (χ0v) is 7.69. The van der Waals surface area contributed by atoms with Gasteiger partial charge >= 0.3 is 0 Å². The largest absolute Gasteiger partial charge is 0.472 e. The van der Waals surface area contributed by atoms with Crippen molar-refractivity contribution in [2.24, 2.45) is 5.84 Å². The number of ether oxygens (including phenoxy) is 2. The molecule has 0 aliphatic rings. The van der Waals surface area contributed by atoms with Crippen molar-refractivity contribution in [2.45, 2.75) is 12.3 Å². The van der Waals surface area contributed by atoms with Gasteiger partial charge in [-0.1, -0.05) is 0 Å². The summed E-state index contributed by atoms with van der Waals surface area (Å²) in [5.74, 6) is 5.36. The minimum Gasteiger partial charge on any atom is -0.472 e. The fourth-order valence-electron chi connectivity index (χ4n) is 1.15. The fourth-order valence-corrected chi connectivity index (χ4v) is 1.15. The van der Waals surface area contributed by atoms with Crippen molar-refractivity contribution >= 4 is 0 Å². The average molecular weight is 186 g/mol. The Kier molecular flexibility index (Phi) is 3.91. The molecule has 0 aliphatic carbocycles. The molecule has 0 saturated heterocycles. The predicted octanol–water partition coefficient (Wildman–Crippen LogP) is 0.403. The molecule has 1 rings (SSSR count). The second-order valence-electron chi connectivity index (χ2n) is 2.54. The summed E-state index contributed by atoms with van der Waals surface area (Å²) < 4.78 is 15.1. The summed E-state index contributed by atoms with van der Waals surface area (Å²) in [6.07, 6.45) is 2.74. The molecule has 74 valence electrons. The fraction of sp³-hybridized carbons (Fsp3) is 0.500. The van der Waals surface area contributed by atoms with E-state index in [1.165, 1.54) is 0 Å². The van der Waals surface area contributed by atoms with Crippen molar-refractivity contribution in [3.63, 3.8) is 0 Å². The van der Waals surface area contributed by atoms with Gasteiger partial charge < -0.3 is 13.9 Å². The lowest BCUT2D eigenvalue weighted by Gasteiger charge is -2.22. The molecule has 0 fully saturated rings. The number of nitrogens with two attached hydrogens (primary N) is 1. The summed E-state index contributed by atoms with van der Waals surface area (Å²) in [6, 6.07) is 1.57. The molecule has 5 nitrogen and oxygen atoms in total. The second-order valence-corrected chi connectivity index (χ2v) is 2.54. The number of hydrazine groups is 1. The molecule has 0 aliphatic heterocycles. The van der Waals surface area contributed by atoms with Gasteiger partial charge in [0, 0.05) is 19.8 Å². The molecule has 1 unspecified atom stereocenters. The molecule has 0 bridgehead atoms. The van der Waals surface area contributed by atoms with Gasteiger partial charge in [-0.3, -0.25) is 5.84 Å². The highest BCUT2D eigenvalue weighted by Crippen LogP contribution is 2.18. The Bertz CT molecular complexity index is 221. The van der Waals surface area contributed by atoms with Gasteiger partial charge in [0.1, 0.15) is 6.04 Å². The Hall–Kier alpha value is -0.880. The van der Waals surface area contributed by atoms with E-state index in [0.29, 0.717) is 0 Å². The van der Waals surface area contributed by atoms with E-state index in [-0.39, 0.29) is 6.04 Å². The monoisotopic (exact) mass is 186 g/mol. The van der Waals surface area contributed by atoms with Gasteiger partial charge in [-0.15, -0.1) is 0 Å². The number of hydrogen-bond donors (Lipinski definition) is 2. The molecule has 5 heteroatoms. The summed E-state index contributed by atoms with van der Waals surface area (Å²) >= 11 is 0. The van der Waals surface area contributed by atoms with E-state index in [1.807, 2.05) is 0 Å². The van der Waals surface area contributed by atoms with Gasteiger partial charge in [0.2, 0.25) is 0 Å². The first-order valence-corrected chi connectivity index (χ1v) is 3.87. The van der Waals surface area contributed by atoms with Crippen LogP contribution in [0.3, 0.4) is 0 Å². The molecule has 0 saturated carbocycles. The van der Waals surface area contributed by atoms with E-state index in [0.717, 1.165) is 5.56 Å². The Balaban J connectivity index is 2.72. The Morgan fingerprint density at radius 1 is 1.46 bits per heavy atom. The SMILES string of the molecule is COC(OC)C(NN)c1ccoc1. The number of furan rings is 1. The maximum atomic E-state index is 5.36. The van der Waals surface area contributed by atoms with Gasteiger partial charge in [0.15, 0.2) is 6.29 Å². The molecular weight excluding hydrogens is 172 g/mol. The zero-order valence-electron chi connectivity index (χ0n) is 7.69. The van der Waals surface area contributed by atoms with Crippen molar-refractivity contribution < 1.29 is 13.9 Å². The third-order valence-corrected chi connectivity index (χ3v) is 1.82. The van der Waals surface area contributed by atoms with Crippen molar-refractivity contribution in [1.29, 1.82) is 0 Å². The molecule has 0 amide bonds. The van der Waals surface area contributed by atoms with Gasteiger partial charge in [-0.2, -0.15) is 0 Å². The van der Waals surface area contributed by atoms with E-state index < -0.39 is 6.29 Å². The van der Waals surface area contributed by atoms with Crippen LogP contribution in [0, 0.1) is 0 Å². The minimum atomic E-state index is -0.428. The summed E-state index contributed by atoms with van der Waals surface area (Å²) in [5.41, 5.74) is 3.48. The van der Waals surface area contributed by atoms with Crippen LogP contribution in [0.2, 0.25) is 0 Å². The number of methoxy groups -OCH3 is 2. The minimum absolute atomic E-state index is 0.228. The van der Waals surface area contributed by atoms with Crippen LogP contribution in [-0.4, -0.2) is 20.5 Å².